The minimum absolute atomic E-state index is 0.0621. The lowest BCUT2D eigenvalue weighted by Gasteiger charge is -1.94. The number of rotatable bonds is 2. The average Bonchev–Trinajstić information content (AvgIpc) is 2.83. The van der Waals surface area contributed by atoms with Crippen LogP contribution in [0.4, 0.5) is 0 Å². The van der Waals surface area contributed by atoms with Gasteiger partial charge in [-0.25, -0.2) is 0 Å². The number of nitrogens with zero attached hydrogens (tertiary/aromatic N) is 3. The van der Waals surface area contributed by atoms with Crippen LogP contribution in [0.3, 0.4) is 0 Å². The minimum atomic E-state index is -0.430. The maximum Gasteiger partial charge on any atom is 0.229 e. The Hall–Kier alpha value is -2.68. The number of carbonyl (C=O) groups is 1. The van der Waals surface area contributed by atoms with Crippen LogP contribution < -0.4 is 5.73 Å². The standard InChI is InChI=1S/C11H9N5O/c12-10(17)3-1-2-8-4-6-9(7-5-8)11-13-15-16-14-11/h4-7H,3H2,(H2,12,17)(H,13,14,15,16). The van der Waals surface area contributed by atoms with Crippen molar-refractivity contribution < 1.29 is 4.79 Å². The lowest BCUT2D eigenvalue weighted by Crippen LogP contribution is -2.08. The summed E-state index contributed by atoms with van der Waals surface area (Å²) in [6.07, 6.45) is 0.0621. The Labute approximate surface area is 97.2 Å². The summed E-state index contributed by atoms with van der Waals surface area (Å²) < 4.78 is 0. The summed E-state index contributed by atoms with van der Waals surface area (Å²) in [7, 11) is 0. The normalized spacial score (nSPS) is 9.41. The average molecular weight is 227 g/mol. The maximum atomic E-state index is 10.5. The molecule has 6 nitrogen and oxygen atoms in total. The SMILES string of the molecule is NC(=O)CC#Cc1ccc(-c2nn[nH]n2)cc1. The van der Waals surface area contributed by atoms with E-state index in [1.165, 1.54) is 0 Å². The number of benzene rings is 1. The molecule has 2 rings (SSSR count). The van der Waals surface area contributed by atoms with E-state index in [0.29, 0.717) is 5.82 Å². The third-order valence-electron chi connectivity index (χ3n) is 1.98. The Morgan fingerprint density at radius 3 is 2.71 bits per heavy atom. The fraction of sp³-hybridized carbons (Fsp3) is 0.0909. The minimum Gasteiger partial charge on any atom is -0.369 e. The third kappa shape index (κ3) is 2.89. The van der Waals surface area contributed by atoms with E-state index < -0.39 is 5.91 Å². The van der Waals surface area contributed by atoms with Crippen LogP contribution in [0.1, 0.15) is 12.0 Å². The molecule has 84 valence electrons. The number of primary amides is 1. The molecular formula is C11H9N5O. The number of amides is 1. The molecule has 0 saturated heterocycles. The molecule has 0 unspecified atom stereocenters. The second-order valence-corrected chi connectivity index (χ2v) is 3.26. The van der Waals surface area contributed by atoms with Gasteiger partial charge in [-0.15, -0.1) is 10.2 Å². The molecule has 1 aromatic heterocycles. The number of aromatic nitrogens is 4. The van der Waals surface area contributed by atoms with Crippen LogP contribution in [-0.2, 0) is 4.79 Å². The first-order valence-corrected chi connectivity index (χ1v) is 4.87. The molecule has 6 heteroatoms. The summed E-state index contributed by atoms with van der Waals surface area (Å²) >= 11 is 0. The molecule has 0 aliphatic heterocycles. The molecule has 1 heterocycles. The van der Waals surface area contributed by atoms with Gasteiger partial charge < -0.3 is 5.73 Å². The van der Waals surface area contributed by atoms with Crippen LogP contribution in [0.15, 0.2) is 24.3 Å². The second kappa shape index (κ2) is 4.90. The van der Waals surface area contributed by atoms with Gasteiger partial charge in [-0.05, 0) is 29.5 Å². The van der Waals surface area contributed by atoms with Gasteiger partial charge in [0, 0.05) is 11.1 Å². The van der Waals surface area contributed by atoms with E-state index in [-0.39, 0.29) is 6.42 Å². The number of aromatic amines is 1. The van der Waals surface area contributed by atoms with Crippen molar-refractivity contribution >= 4 is 5.91 Å². The van der Waals surface area contributed by atoms with E-state index in [0.717, 1.165) is 11.1 Å². The van der Waals surface area contributed by atoms with E-state index in [2.05, 4.69) is 32.5 Å². The summed E-state index contributed by atoms with van der Waals surface area (Å²) in [5.74, 6) is 5.61. The molecule has 0 atom stereocenters. The Morgan fingerprint density at radius 2 is 2.12 bits per heavy atom. The quantitative estimate of drug-likeness (QED) is 0.710. The van der Waals surface area contributed by atoms with E-state index in [1.807, 2.05) is 24.3 Å². The van der Waals surface area contributed by atoms with Crippen molar-refractivity contribution in [3.8, 4) is 23.2 Å². The van der Waals surface area contributed by atoms with Gasteiger partial charge in [-0.3, -0.25) is 4.79 Å². The highest BCUT2D eigenvalue weighted by Gasteiger charge is 2.00. The van der Waals surface area contributed by atoms with Crippen LogP contribution in [0.2, 0.25) is 0 Å². The zero-order chi connectivity index (χ0) is 12.1. The van der Waals surface area contributed by atoms with Crippen molar-refractivity contribution in [2.24, 2.45) is 5.73 Å². The predicted octanol–water partition coefficient (Wildman–Crippen LogP) is 0.0936. The summed E-state index contributed by atoms with van der Waals surface area (Å²) in [5, 5.41) is 13.6. The molecule has 0 radical (unpaired) electrons. The van der Waals surface area contributed by atoms with Crippen molar-refractivity contribution in [3.63, 3.8) is 0 Å². The molecule has 17 heavy (non-hydrogen) atoms. The number of nitrogens with two attached hydrogens (primary N) is 1. The Kier molecular flexibility index (Phi) is 3.12. The lowest BCUT2D eigenvalue weighted by atomic mass is 10.1. The van der Waals surface area contributed by atoms with Gasteiger partial charge in [0.2, 0.25) is 11.7 Å². The molecule has 2 aromatic rings. The molecule has 0 aliphatic carbocycles. The van der Waals surface area contributed by atoms with Crippen molar-refractivity contribution in [1.29, 1.82) is 0 Å². The molecule has 0 aliphatic rings. The maximum absolute atomic E-state index is 10.5. The first kappa shape index (κ1) is 10.8. The fourth-order valence-electron chi connectivity index (χ4n) is 1.22. The Bertz CT molecular complexity index is 562. The fourth-order valence-corrected chi connectivity index (χ4v) is 1.22. The highest BCUT2D eigenvalue weighted by atomic mass is 16.1. The van der Waals surface area contributed by atoms with Crippen LogP contribution in [0, 0.1) is 11.8 Å². The number of nitrogens with one attached hydrogen (secondary N) is 1. The first-order valence-electron chi connectivity index (χ1n) is 4.87. The first-order chi connectivity index (χ1) is 8.25. The summed E-state index contributed by atoms with van der Waals surface area (Å²) in [5.41, 5.74) is 6.63. The molecule has 3 N–H and O–H groups in total. The molecule has 0 spiro atoms. The van der Waals surface area contributed by atoms with Crippen molar-refractivity contribution in [3.05, 3.63) is 29.8 Å². The smallest absolute Gasteiger partial charge is 0.229 e. The van der Waals surface area contributed by atoms with E-state index in [1.54, 1.807) is 0 Å². The molecule has 0 bridgehead atoms. The number of tetrazole rings is 1. The van der Waals surface area contributed by atoms with Crippen LogP contribution in [0.25, 0.3) is 11.4 Å². The topological polar surface area (TPSA) is 97.5 Å². The zero-order valence-corrected chi connectivity index (χ0v) is 8.84. The van der Waals surface area contributed by atoms with Crippen molar-refractivity contribution in [1.82, 2.24) is 20.6 Å². The third-order valence-corrected chi connectivity index (χ3v) is 1.98. The second-order valence-electron chi connectivity index (χ2n) is 3.26. The Balaban J connectivity index is 2.13. The Morgan fingerprint density at radius 1 is 1.35 bits per heavy atom. The van der Waals surface area contributed by atoms with E-state index in [4.69, 9.17) is 5.73 Å². The summed E-state index contributed by atoms with van der Waals surface area (Å²) in [6, 6.07) is 7.30. The molecule has 1 amide bonds. The van der Waals surface area contributed by atoms with Gasteiger partial charge in [0.05, 0.1) is 6.42 Å². The van der Waals surface area contributed by atoms with E-state index in [9.17, 15) is 4.79 Å². The summed E-state index contributed by atoms with van der Waals surface area (Å²) in [6.45, 7) is 0. The lowest BCUT2D eigenvalue weighted by molar-refractivity contribution is -0.117. The van der Waals surface area contributed by atoms with Crippen LogP contribution in [0.5, 0.6) is 0 Å². The van der Waals surface area contributed by atoms with Gasteiger partial charge in [0.1, 0.15) is 0 Å². The van der Waals surface area contributed by atoms with Crippen LogP contribution in [-0.4, -0.2) is 26.5 Å². The van der Waals surface area contributed by atoms with Gasteiger partial charge in [-0.1, -0.05) is 11.8 Å². The van der Waals surface area contributed by atoms with Crippen molar-refractivity contribution in [2.75, 3.05) is 0 Å². The molecule has 0 fully saturated rings. The van der Waals surface area contributed by atoms with Crippen LogP contribution >= 0.6 is 0 Å². The number of hydrogen-bond donors (Lipinski definition) is 2. The highest BCUT2D eigenvalue weighted by molar-refractivity contribution is 5.76. The number of hydrogen-bond acceptors (Lipinski definition) is 4. The largest absolute Gasteiger partial charge is 0.369 e. The van der Waals surface area contributed by atoms with Gasteiger partial charge in [0.25, 0.3) is 0 Å². The van der Waals surface area contributed by atoms with Gasteiger partial charge in [0.15, 0.2) is 0 Å². The monoisotopic (exact) mass is 227 g/mol. The summed E-state index contributed by atoms with van der Waals surface area (Å²) in [4.78, 5) is 10.5. The van der Waals surface area contributed by atoms with Crippen molar-refractivity contribution in [2.45, 2.75) is 6.42 Å². The molecule has 1 aromatic carbocycles. The van der Waals surface area contributed by atoms with E-state index >= 15 is 0 Å². The molecule has 0 saturated carbocycles. The van der Waals surface area contributed by atoms with Gasteiger partial charge in [-0.2, -0.15) is 5.21 Å². The highest BCUT2D eigenvalue weighted by Crippen LogP contribution is 2.13. The zero-order valence-electron chi connectivity index (χ0n) is 8.84. The van der Waals surface area contributed by atoms with Gasteiger partial charge >= 0.3 is 0 Å². The number of carbonyl (C=O) groups excluding carboxylic acids is 1. The number of H-pyrrole nitrogens is 1. The predicted molar refractivity (Wildman–Crippen MR) is 60.3 cm³/mol. The molecular weight excluding hydrogens is 218 g/mol.